The molecule has 0 unspecified atom stereocenters. The average molecular weight is 441 g/mol. The predicted molar refractivity (Wildman–Crippen MR) is 120 cm³/mol. The monoisotopic (exact) mass is 440 g/mol. The van der Waals surface area contributed by atoms with Gasteiger partial charge < -0.3 is 0 Å². The van der Waals surface area contributed by atoms with E-state index in [0.29, 0.717) is 5.69 Å². The summed E-state index contributed by atoms with van der Waals surface area (Å²) >= 11 is 0. The van der Waals surface area contributed by atoms with Crippen LogP contribution in [-0.4, -0.2) is 19.4 Å². The third-order valence-corrected chi connectivity index (χ3v) is 6.97. The molecule has 0 atom stereocenters. The summed E-state index contributed by atoms with van der Waals surface area (Å²) in [4.78, 5) is 10.5. The SMILES string of the molecule is CC(C)N(c1ccccc1-c1cccc[n+]1C(C)C)S(=O)(=O)c1ccccc1[N+](=O)[O-]. The summed E-state index contributed by atoms with van der Waals surface area (Å²) in [5.74, 6) is 0. The van der Waals surface area contributed by atoms with Gasteiger partial charge in [-0.2, -0.15) is 4.57 Å². The van der Waals surface area contributed by atoms with Crippen LogP contribution in [0.1, 0.15) is 33.7 Å². The Balaban J connectivity index is 2.28. The molecule has 2 aromatic carbocycles. The minimum Gasteiger partial charge on any atom is -0.263 e. The van der Waals surface area contributed by atoms with Crippen LogP contribution in [0.2, 0.25) is 0 Å². The number of nitrogens with zero attached hydrogens (tertiary/aromatic N) is 3. The normalized spacial score (nSPS) is 11.7. The van der Waals surface area contributed by atoms with Gasteiger partial charge in [-0.3, -0.25) is 14.4 Å². The number of sulfonamides is 1. The van der Waals surface area contributed by atoms with Crippen LogP contribution >= 0.6 is 0 Å². The van der Waals surface area contributed by atoms with Crippen molar-refractivity contribution >= 4 is 21.4 Å². The molecule has 0 fully saturated rings. The Labute approximate surface area is 182 Å². The Morgan fingerprint density at radius 2 is 1.52 bits per heavy atom. The van der Waals surface area contributed by atoms with E-state index in [4.69, 9.17) is 0 Å². The number of para-hydroxylation sites is 2. The van der Waals surface area contributed by atoms with E-state index in [0.717, 1.165) is 11.3 Å². The summed E-state index contributed by atoms with van der Waals surface area (Å²) in [5, 5.41) is 11.5. The van der Waals surface area contributed by atoms with Crippen molar-refractivity contribution in [3.63, 3.8) is 0 Å². The molecule has 0 spiro atoms. The number of hydrogen-bond donors (Lipinski definition) is 0. The van der Waals surface area contributed by atoms with Gasteiger partial charge in [0.05, 0.1) is 16.2 Å². The fraction of sp³-hybridized carbons (Fsp3) is 0.261. The van der Waals surface area contributed by atoms with Crippen molar-refractivity contribution in [3.8, 4) is 11.3 Å². The van der Waals surface area contributed by atoms with E-state index in [1.165, 1.54) is 28.6 Å². The van der Waals surface area contributed by atoms with Gasteiger partial charge in [0.2, 0.25) is 5.69 Å². The van der Waals surface area contributed by atoms with Crippen LogP contribution in [0.15, 0.2) is 77.8 Å². The molecular formula is C23H26N3O4S+. The summed E-state index contributed by atoms with van der Waals surface area (Å²) < 4.78 is 30.8. The Morgan fingerprint density at radius 1 is 0.903 bits per heavy atom. The molecule has 0 aliphatic heterocycles. The number of aromatic nitrogens is 1. The van der Waals surface area contributed by atoms with Crippen LogP contribution in [-0.2, 0) is 10.0 Å². The summed E-state index contributed by atoms with van der Waals surface area (Å²) in [6.07, 6.45) is 1.95. The highest BCUT2D eigenvalue weighted by atomic mass is 32.2. The van der Waals surface area contributed by atoms with Crippen molar-refractivity contribution in [1.82, 2.24) is 0 Å². The molecule has 162 valence electrons. The molecular weight excluding hydrogens is 414 g/mol. The van der Waals surface area contributed by atoms with E-state index in [1.807, 2.05) is 36.5 Å². The predicted octanol–water partition coefficient (Wildman–Crippen LogP) is 4.73. The number of nitro groups is 1. The summed E-state index contributed by atoms with van der Waals surface area (Å²) in [6, 6.07) is 18.1. The number of anilines is 1. The van der Waals surface area contributed by atoms with Gasteiger partial charge in [0.1, 0.15) is 0 Å². The topological polar surface area (TPSA) is 84.4 Å². The molecule has 1 heterocycles. The number of hydrogen-bond acceptors (Lipinski definition) is 4. The molecule has 0 aliphatic rings. The number of pyridine rings is 1. The molecule has 31 heavy (non-hydrogen) atoms. The first-order chi connectivity index (χ1) is 14.7. The lowest BCUT2D eigenvalue weighted by Gasteiger charge is -2.29. The van der Waals surface area contributed by atoms with Crippen molar-refractivity contribution in [3.05, 3.63) is 83.0 Å². The first-order valence-electron chi connectivity index (χ1n) is 10.0. The molecule has 0 saturated carbocycles. The largest absolute Gasteiger partial charge is 0.289 e. The van der Waals surface area contributed by atoms with Crippen molar-refractivity contribution in [2.24, 2.45) is 0 Å². The van der Waals surface area contributed by atoms with Gasteiger partial charge in [0.25, 0.3) is 15.7 Å². The third-order valence-electron chi connectivity index (χ3n) is 4.93. The molecule has 0 N–H and O–H groups in total. The molecule has 3 aromatic rings. The second-order valence-electron chi connectivity index (χ2n) is 7.72. The van der Waals surface area contributed by atoms with Gasteiger partial charge in [-0.25, -0.2) is 8.42 Å². The lowest BCUT2D eigenvalue weighted by Crippen LogP contribution is -2.40. The fourth-order valence-electron chi connectivity index (χ4n) is 3.63. The van der Waals surface area contributed by atoms with E-state index < -0.39 is 26.7 Å². The first kappa shape index (κ1) is 22.4. The molecule has 7 nitrogen and oxygen atoms in total. The van der Waals surface area contributed by atoms with E-state index in [-0.39, 0.29) is 10.9 Å². The van der Waals surface area contributed by atoms with Crippen LogP contribution in [0.4, 0.5) is 11.4 Å². The summed E-state index contributed by atoms with van der Waals surface area (Å²) in [5.41, 5.74) is 1.61. The molecule has 0 bridgehead atoms. The molecule has 1 aromatic heterocycles. The van der Waals surface area contributed by atoms with Gasteiger partial charge >= 0.3 is 0 Å². The Kier molecular flexibility index (Phi) is 6.40. The van der Waals surface area contributed by atoms with Crippen molar-refractivity contribution < 1.29 is 17.9 Å². The Hall–Kier alpha value is -3.26. The van der Waals surface area contributed by atoms with Crippen LogP contribution < -0.4 is 8.87 Å². The second-order valence-corrected chi connectivity index (χ2v) is 9.51. The van der Waals surface area contributed by atoms with Crippen molar-refractivity contribution in [2.45, 2.75) is 44.7 Å². The number of benzene rings is 2. The maximum absolute atomic E-state index is 13.7. The number of nitro benzene ring substituents is 1. The van der Waals surface area contributed by atoms with Gasteiger partial charge in [0.15, 0.2) is 17.1 Å². The fourth-order valence-corrected chi connectivity index (χ4v) is 5.48. The Morgan fingerprint density at radius 3 is 2.16 bits per heavy atom. The van der Waals surface area contributed by atoms with Crippen LogP contribution in [0.3, 0.4) is 0 Å². The van der Waals surface area contributed by atoms with Gasteiger partial charge in [-0.1, -0.05) is 24.3 Å². The van der Waals surface area contributed by atoms with Crippen LogP contribution in [0.25, 0.3) is 11.3 Å². The molecule has 0 amide bonds. The van der Waals surface area contributed by atoms with E-state index in [2.05, 4.69) is 18.4 Å². The lowest BCUT2D eigenvalue weighted by atomic mass is 10.1. The van der Waals surface area contributed by atoms with Crippen molar-refractivity contribution in [2.75, 3.05) is 4.31 Å². The number of rotatable bonds is 7. The van der Waals surface area contributed by atoms with Crippen LogP contribution in [0, 0.1) is 10.1 Å². The minimum absolute atomic E-state index is 0.156. The standard InChI is InChI=1S/C23H26N3O4S/c1-17(2)24-16-10-9-12-20(24)19-11-5-6-13-21(19)25(18(3)4)31(29,30)23-15-8-7-14-22(23)26(27)28/h5-18H,1-4H3/q+1. The zero-order valence-corrected chi connectivity index (χ0v) is 18.8. The van der Waals surface area contributed by atoms with Crippen LogP contribution in [0.5, 0.6) is 0 Å². The maximum Gasteiger partial charge on any atom is 0.289 e. The van der Waals surface area contributed by atoms with Gasteiger partial charge in [0, 0.05) is 24.2 Å². The molecule has 0 radical (unpaired) electrons. The maximum atomic E-state index is 13.7. The molecule has 8 heteroatoms. The van der Waals surface area contributed by atoms with E-state index >= 15 is 0 Å². The average Bonchev–Trinajstić information content (AvgIpc) is 2.73. The summed E-state index contributed by atoms with van der Waals surface area (Å²) in [6.45, 7) is 7.61. The highest BCUT2D eigenvalue weighted by molar-refractivity contribution is 7.93. The molecule has 0 saturated heterocycles. The highest BCUT2D eigenvalue weighted by Gasteiger charge is 2.35. The summed E-state index contributed by atoms with van der Waals surface area (Å²) in [7, 11) is -4.21. The molecule has 0 aliphatic carbocycles. The van der Waals surface area contributed by atoms with E-state index in [9.17, 15) is 18.5 Å². The first-order valence-corrected chi connectivity index (χ1v) is 11.5. The highest BCUT2D eigenvalue weighted by Crippen LogP contribution is 2.36. The minimum atomic E-state index is -4.21. The third kappa shape index (κ3) is 4.29. The zero-order valence-electron chi connectivity index (χ0n) is 18.0. The molecule has 3 rings (SSSR count). The van der Waals surface area contributed by atoms with E-state index in [1.54, 1.807) is 26.0 Å². The smallest absolute Gasteiger partial charge is 0.263 e. The Bertz CT molecular complexity index is 1210. The van der Waals surface area contributed by atoms with Gasteiger partial charge in [-0.15, -0.1) is 0 Å². The second kappa shape index (κ2) is 8.85. The van der Waals surface area contributed by atoms with Gasteiger partial charge in [-0.05, 0) is 52.0 Å². The lowest BCUT2D eigenvalue weighted by molar-refractivity contribution is -0.705. The van der Waals surface area contributed by atoms with Crippen molar-refractivity contribution in [1.29, 1.82) is 0 Å². The zero-order chi connectivity index (χ0) is 22.8. The quantitative estimate of drug-likeness (QED) is 0.302.